The Bertz CT molecular complexity index is 655. The summed E-state index contributed by atoms with van der Waals surface area (Å²) in [6, 6.07) is 6.41. The van der Waals surface area contributed by atoms with Gasteiger partial charge >= 0.3 is 0 Å². The molecule has 0 aromatic heterocycles. The van der Waals surface area contributed by atoms with Crippen molar-refractivity contribution in [3.63, 3.8) is 0 Å². The number of rotatable bonds is 12. The Hall–Kier alpha value is -1.06. The lowest BCUT2D eigenvalue weighted by atomic mass is 10.0. The molecule has 0 atom stereocenters. The van der Waals surface area contributed by atoms with Crippen LogP contribution in [0.3, 0.4) is 0 Å². The van der Waals surface area contributed by atoms with Crippen LogP contribution in [0.2, 0.25) is 58.9 Å². The van der Waals surface area contributed by atoms with Gasteiger partial charge in [0.25, 0.3) is 5.97 Å². The molecule has 0 N–H and O–H groups in total. The first kappa shape index (κ1) is 26.0. The normalized spacial score (nSPS) is 12.6. The van der Waals surface area contributed by atoms with E-state index >= 15 is 0 Å². The molecule has 0 aliphatic carbocycles. The molecule has 0 amide bonds. The van der Waals surface area contributed by atoms with Crippen molar-refractivity contribution in [2.75, 3.05) is 0 Å². The second-order valence-electron chi connectivity index (χ2n) is 10.7. The molecule has 0 heterocycles. The second-order valence-corrected chi connectivity index (χ2v) is 24.0. The van der Waals surface area contributed by atoms with Crippen LogP contribution in [0.25, 0.3) is 0 Å². The third-order valence-corrected chi connectivity index (χ3v) is 6.36. The average Bonchev–Trinajstić information content (AvgIpc) is 2.48. The Labute approximate surface area is 181 Å². The van der Waals surface area contributed by atoms with E-state index in [4.69, 9.17) is 13.3 Å². The minimum Gasteiger partial charge on any atom is -0.542 e. The first-order valence-corrected chi connectivity index (χ1v) is 21.1. The maximum atomic E-state index is 11.8. The van der Waals surface area contributed by atoms with Gasteiger partial charge in [0, 0.05) is 6.42 Å². The molecule has 0 saturated heterocycles. The first-order chi connectivity index (χ1) is 13.1. The van der Waals surface area contributed by atoms with E-state index in [1.807, 2.05) is 19.6 Å². The average molecular weight is 455 g/mol. The summed E-state index contributed by atoms with van der Waals surface area (Å²) < 4.78 is 18.1. The van der Waals surface area contributed by atoms with Gasteiger partial charge in [-0.15, -0.1) is 0 Å². The lowest BCUT2D eigenvalue weighted by Gasteiger charge is -2.26. The van der Waals surface area contributed by atoms with Crippen molar-refractivity contribution in [1.82, 2.24) is 0 Å². The molecule has 0 unspecified atom stereocenters. The van der Waals surface area contributed by atoms with Gasteiger partial charge in [-0.1, -0.05) is 18.9 Å². The summed E-state index contributed by atoms with van der Waals surface area (Å²) in [6.45, 7) is 19.3. The van der Waals surface area contributed by atoms with Gasteiger partial charge in [0.2, 0.25) is 25.0 Å². The number of carbonyl (C=O) groups is 1. The van der Waals surface area contributed by atoms with Crippen molar-refractivity contribution >= 4 is 30.9 Å². The molecule has 0 radical (unpaired) electrons. The fourth-order valence-corrected chi connectivity index (χ4v) is 5.31. The van der Waals surface area contributed by atoms with Crippen LogP contribution in [-0.4, -0.2) is 30.9 Å². The van der Waals surface area contributed by atoms with Crippen molar-refractivity contribution in [3.05, 3.63) is 23.8 Å². The maximum absolute atomic E-state index is 11.8. The highest BCUT2D eigenvalue weighted by Crippen LogP contribution is 2.33. The highest BCUT2D eigenvalue weighted by Gasteiger charge is 2.23. The van der Waals surface area contributed by atoms with Crippen molar-refractivity contribution < 1.29 is 18.1 Å². The molecule has 4 nitrogen and oxygen atoms in total. The molecule has 0 bridgehead atoms. The van der Waals surface area contributed by atoms with Gasteiger partial charge in [-0.25, -0.2) is 0 Å². The van der Waals surface area contributed by atoms with Gasteiger partial charge in [-0.05, 0) is 95.9 Å². The summed E-state index contributed by atoms with van der Waals surface area (Å²) in [6.07, 6.45) is 5.78. The van der Waals surface area contributed by atoms with E-state index in [1.54, 1.807) is 0 Å². The number of carbonyl (C=O) groups excluding carboxylic acids is 1. The third kappa shape index (κ3) is 13.0. The number of hydrogen-bond acceptors (Lipinski definition) is 4. The van der Waals surface area contributed by atoms with E-state index in [0.717, 1.165) is 43.6 Å². The standard InChI is InChI=1S/C22H42O4Si3/c1-27(2,3)24-20-17-16-19(18-21(20)25-28(4,5)6)14-12-10-11-13-15-22(23)26-29(7,8)9/h16-18H,10-15H2,1-9H3. The van der Waals surface area contributed by atoms with Crippen molar-refractivity contribution in [2.45, 2.75) is 97.4 Å². The molecule has 1 aromatic carbocycles. The Morgan fingerprint density at radius 3 is 1.83 bits per heavy atom. The van der Waals surface area contributed by atoms with Gasteiger partial charge in [0.05, 0.1) is 0 Å². The molecule has 0 spiro atoms. The van der Waals surface area contributed by atoms with Crippen LogP contribution in [0.1, 0.15) is 37.7 Å². The second kappa shape index (κ2) is 10.8. The van der Waals surface area contributed by atoms with E-state index in [1.165, 1.54) is 5.56 Å². The summed E-state index contributed by atoms with van der Waals surface area (Å²) in [4.78, 5) is 11.8. The molecule has 0 saturated carbocycles. The molecule has 29 heavy (non-hydrogen) atoms. The van der Waals surface area contributed by atoms with E-state index < -0.39 is 25.0 Å². The summed E-state index contributed by atoms with van der Waals surface area (Å²) >= 11 is 0. The van der Waals surface area contributed by atoms with Crippen molar-refractivity contribution in [3.8, 4) is 11.5 Å². The van der Waals surface area contributed by atoms with Crippen LogP contribution in [0.4, 0.5) is 0 Å². The molecule has 0 aliphatic rings. The largest absolute Gasteiger partial charge is 0.542 e. The fraction of sp³-hybridized carbons (Fsp3) is 0.682. The molecular formula is C22H42O4Si3. The quantitative estimate of drug-likeness (QED) is 0.252. The fourth-order valence-electron chi connectivity index (χ4n) is 2.88. The lowest BCUT2D eigenvalue weighted by Crippen LogP contribution is -2.32. The highest BCUT2D eigenvalue weighted by atomic mass is 28.4. The van der Waals surface area contributed by atoms with Crippen LogP contribution >= 0.6 is 0 Å². The zero-order valence-electron chi connectivity index (χ0n) is 20.1. The molecule has 1 aromatic rings. The van der Waals surface area contributed by atoms with Crippen LogP contribution in [0, 0.1) is 0 Å². The topological polar surface area (TPSA) is 44.8 Å². The third-order valence-electron chi connectivity index (χ3n) is 3.86. The molecule has 7 heteroatoms. The van der Waals surface area contributed by atoms with Gasteiger partial charge in [-0.2, -0.15) is 0 Å². The van der Waals surface area contributed by atoms with E-state index in [9.17, 15) is 4.79 Å². The van der Waals surface area contributed by atoms with E-state index in [0.29, 0.717) is 6.42 Å². The van der Waals surface area contributed by atoms with Crippen LogP contribution < -0.4 is 8.85 Å². The summed E-state index contributed by atoms with van der Waals surface area (Å²) in [5, 5.41) is 0. The molecule has 0 fully saturated rings. The minimum atomic E-state index is -1.75. The number of benzene rings is 1. The number of unbranched alkanes of at least 4 members (excludes halogenated alkanes) is 3. The van der Waals surface area contributed by atoms with Crippen molar-refractivity contribution in [1.29, 1.82) is 0 Å². The van der Waals surface area contributed by atoms with Crippen LogP contribution in [0.15, 0.2) is 18.2 Å². The Morgan fingerprint density at radius 2 is 1.28 bits per heavy atom. The van der Waals surface area contributed by atoms with Crippen LogP contribution in [0.5, 0.6) is 11.5 Å². The Morgan fingerprint density at radius 1 is 0.724 bits per heavy atom. The highest BCUT2D eigenvalue weighted by molar-refractivity contribution is 6.71. The maximum Gasteiger partial charge on any atom is 0.292 e. The smallest absolute Gasteiger partial charge is 0.292 e. The van der Waals surface area contributed by atoms with Crippen LogP contribution in [-0.2, 0) is 15.6 Å². The number of hydrogen-bond donors (Lipinski definition) is 0. The summed E-state index contributed by atoms with van der Waals surface area (Å²) in [5.41, 5.74) is 1.29. The molecule has 0 aliphatic heterocycles. The predicted octanol–water partition coefficient (Wildman–Crippen LogP) is 6.99. The van der Waals surface area contributed by atoms with Gasteiger partial charge in [-0.3, -0.25) is 4.79 Å². The Balaban J connectivity index is 2.53. The molecule has 166 valence electrons. The van der Waals surface area contributed by atoms with Gasteiger partial charge in [0.1, 0.15) is 11.5 Å². The zero-order valence-corrected chi connectivity index (χ0v) is 23.1. The van der Waals surface area contributed by atoms with Crippen molar-refractivity contribution in [2.24, 2.45) is 0 Å². The van der Waals surface area contributed by atoms with E-state index in [-0.39, 0.29) is 5.97 Å². The van der Waals surface area contributed by atoms with Gasteiger partial charge < -0.3 is 13.3 Å². The van der Waals surface area contributed by atoms with E-state index in [2.05, 4.69) is 57.5 Å². The first-order valence-electron chi connectivity index (χ1n) is 10.9. The zero-order chi connectivity index (χ0) is 22.3. The SMILES string of the molecule is C[Si](C)(C)OC(=O)CCCCCCc1ccc(O[Si](C)(C)C)c(O[Si](C)(C)C)c1. The monoisotopic (exact) mass is 454 g/mol. The number of aryl methyl sites for hydroxylation is 1. The predicted molar refractivity (Wildman–Crippen MR) is 131 cm³/mol. The Kier molecular flexibility index (Phi) is 9.69. The molecular weight excluding hydrogens is 412 g/mol. The summed E-state index contributed by atoms with van der Waals surface area (Å²) in [7, 11) is -5.15. The van der Waals surface area contributed by atoms with Gasteiger partial charge in [0.15, 0.2) is 0 Å². The molecule has 1 rings (SSSR count). The minimum absolute atomic E-state index is 0.0321. The summed E-state index contributed by atoms with van der Waals surface area (Å²) in [5.74, 6) is 1.75. The lowest BCUT2D eigenvalue weighted by molar-refractivity contribution is -0.135.